The van der Waals surface area contributed by atoms with Gasteiger partial charge >= 0.3 is 0 Å². The van der Waals surface area contributed by atoms with Crippen LogP contribution < -0.4 is 0 Å². The highest BCUT2D eigenvalue weighted by Crippen LogP contribution is 1.98. The number of hydrogen-bond acceptors (Lipinski definition) is 1. The average Bonchev–Trinajstić information content (AvgIpc) is 2.16. The van der Waals surface area contributed by atoms with Crippen molar-refractivity contribution in [1.82, 2.24) is 0 Å². The van der Waals surface area contributed by atoms with Crippen molar-refractivity contribution in [3.63, 3.8) is 0 Å². The van der Waals surface area contributed by atoms with Gasteiger partial charge in [0.25, 0.3) is 0 Å². The van der Waals surface area contributed by atoms with Crippen LogP contribution in [0, 0.1) is 0 Å². The second-order valence-electron chi connectivity index (χ2n) is 1.87. The predicted octanol–water partition coefficient (Wildman–Crippen LogP) is 3.40. The van der Waals surface area contributed by atoms with Gasteiger partial charge in [0.1, 0.15) is 0 Å². The largest absolute Gasteiger partial charge is 0.293 e. The Morgan fingerprint density at radius 2 is 1.75 bits per heavy atom. The maximum absolute atomic E-state index is 4.01. The molecule has 0 aliphatic carbocycles. The van der Waals surface area contributed by atoms with Crippen LogP contribution in [0.25, 0.3) is 0 Å². The van der Waals surface area contributed by atoms with E-state index in [1.165, 1.54) is 0 Å². The SMILES string of the molecule is C=C/C=C(\C=C)C(C)=NC.CC. The summed E-state index contributed by atoms with van der Waals surface area (Å²) in [6, 6.07) is 0. The van der Waals surface area contributed by atoms with Crippen molar-refractivity contribution in [2.45, 2.75) is 20.8 Å². The van der Waals surface area contributed by atoms with Crippen molar-refractivity contribution >= 4 is 5.71 Å². The Morgan fingerprint density at radius 3 is 2.00 bits per heavy atom. The van der Waals surface area contributed by atoms with Crippen molar-refractivity contribution in [2.75, 3.05) is 7.05 Å². The van der Waals surface area contributed by atoms with Crippen molar-refractivity contribution < 1.29 is 0 Å². The Kier molecular flexibility index (Phi) is 11.1. The highest BCUT2D eigenvalue weighted by Gasteiger charge is 1.91. The van der Waals surface area contributed by atoms with Crippen molar-refractivity contribution in [2.24, 2.45) is 4.99 Å². The van der Waals surface area contributed by atoms with E-state index in [2.05, 4.69) is 18.2 Å². The van der Waals surface area contributed by atoms with Crippen molar-refractivity contribution in [1.29, 1.82) is 0 Å². The number of allylic oxidation sites excluding steroid dienone is 4. The molecule has 0 fully saturated rings. The summed E-state index contributed by atoms with van der Waals surface area (Å²) in [5, 5.41) is 0. The molecule has 0 heterocycles. The summed E-state index contributed by atoms with van der Waals surface area (Å²) in [4.78, 5) is 4.01. The quantitative estimate of drug-likeness (QED) is 0.449. The van der Waals surface area contributed by atoms with Gasteiger partial charge < -0.3 is 0 Å². The monoisotopic (exact) mass is 165 g/mol. The van der Waals surface area contributed by atoms with Crippen molar-refractivity contribution in [3.05, 3.63) is 37.0 Å². The second kappa shape index (κ2) is 9.89. The average molecular weight is 165 g/mol. The van der Waals surface area contributed by atoms with E-state index < -0.39 is 0 Å². The van der Waals surface area contributed by atoms with Crippen LogP contribution in [0.2, 0.25) is 0 Å². The summed E-state index contributed by atoms with van der Waals surface area (Å²) in [6.07, 6.45) is 5.38. The van der Waals surface area contributed by atoms with Crippen LogP contribution in [0.4, 0.5) is 0 Å². The molecular formula is C11H19N. The molecule has 0 saturated carbocycles. The Labute approximate surface area is 76.2 Å². The number of rotatable bonds is 3. The minimum Gasteiger partial charge on any atom is -0.293 e. The third-order valence-corrected chi connectivity index (χ3v) is 1.27. The van der Waals surface area contributed by atoms with E-state index in [0.717, 1.165) is 11.3 Å². The normalized spacial score (nSPS) is 11.3. The molecule has 0 aromatic heterocycles. The zero-order chi connectivity index (χ0) is 9.98. The third kappa shape index (κ3) is 5.66. The molecule has 0 rings (SSSR count). The molecular weight excluding hydrogens is 146 g/mol. The van der Waals surface area contributed by atoms with Gasteiger partial charge in [-0.25, -0.2) is 0 Å². The number of hydrogen-bond donors (Lipinski definition) is 0. The van der Waals surface area contributed by atoms with E-state index in [0.29, 0.717) is 0 Å². The molecule has 1 nitrogen and oxygen atoms in total. The molecule has 0 aromatic rings. The standard InChI is InChI=1S/C9H13N.C2H6/c1-5-7-9(6-2)8(3)10-4;1-2/h5-7H,1-2H2,3-4H3;1-2H3/b9-7+,10-8?;. The summed E-state index contributed by atoms with van der Waals surface area (Å²) < 4.78 is 0. The lowest BCUT2D eigenvalue weighted by atomic mass is 10.1. The fourth-order valence-corrected chi connectivity index (χ4v) is 0.592. The Morgan fingerprint density at radius 1 is 1.25 bits per heavy atom. The number of aliphatic imine (C=N–C) groups is 1. The molecule has 0 aliphatic rings. The third-order valence-electron chi connectivity index (χ3n) is 1.27. The second-order valence-corrected chi connectivity index (χ2v) is 1.87. The minimum absolute atomic E-state index is 0.981. The Hall–Kier alpha value is -1.11. The summed E-state index contributed by atoms with van der Waals surface area (Å²) in [5.74, 6) is 0. The van der Waals surface area contributed by atoms with E-state index >= 15 is 0 Å². The minimum atomic E-state index is 0.981. The molecule has 12 heavy (non-hydrogen) atoms. The topological polar surface area (TPSA) is 12.4 Å². The van der Waals surface area contributed by atoms with Gasteiger partial charge in [0.15, 0.2) is 0 Å². The highest BCUT2D eigenvalue weighted by atomic mass is 14.7. The van der Waals surface area contributed by atoms with Crippen LogP contribution in [0.3, 0.4) is 0 Å². The molecule has 68 valence electrons. The smallest absolute Gasteiger partial charge is 0.0385 e. The van der Waals surface area contributed by atoms with E-state index in [4.69, 9.17) is 0 Å². The molecule has 0 saturated heterocycles. The molecule has 0 aliphatic heterocycles. The van der Waals surface area contributed by atoms with Gasteiger partial charge in [0.05, 0.1) is 0 Å². The molecule has 0 atom stereocenters. The van der Waals surface area contributed by atoms with E-state index in [-0.39, 0.29) is 0 Å². The van der Waals surface area contributed by atoms with Crippen molar-refractivity contribution in [3.8, 4) is 0 Å². The van der Waals surface area contributed by atoms with Gasteiger partial charge in [-0.3, -0.25) is 4.99 Å². The fraction of sp³-hybridized carbons (Fsp3) is 0.364. The molecule has 0 aromatic carbocycles. The Balaban J connectivity index is 0. The van der Waals surface area contributed by atoms with Gasteiger partial charge in [-0.05, 0) is 12.5 Å². The first-order chi connectivity index (χ1) is 5.76. The first kappa shape index (κ1) is 13.5. The molecule has 0 amide bonds. The van der Waals surface area contributed by atoms with Crippen LogP contribution in [0.15, 0.2) is 42.0 Å². The van der Waals surface area contributed by atoms with Crippen LogP contribution in [0.1, 0.15) is 20.8 Å². The lowest BCUT2D eigenvalue weighted by Gasteiger charge is -1.96. The van der Waals surface area contributed by atoms with Gasteiger partial charge in [0, 0.05) is 12.8 Å². The molecule has 1 heteroatoms. The Bertz CT molecular complexity index is 185. The van der Waals surface area contributed by atoms with Gasteiger partial charge in [0.2, 0.25) is 0 Å². The zero-order valence-electron chi connectivity index (χ0n) is 8.59. The maximum Gasteiger partial charge on any atom is 0.0385 e. The van der Waals surface area contributed by atoms with Crippen LogP contribution in [-0.4, -0.2) is 12.8 Å². The summed E-state index contributed by atoms with van der Waals surface area (Å²) in [5.41, 5.74) is 2.01. The van der Waals surface area contributed by atoms with Crippen LogP contribution in [0.5, 0.6) is 0 Å². The van der Waals surface area contributed by atoms with Gasteiger partial charge in [-0.1, -0.05) is 45.2 Å². The lowest BCUT2D eigenvalue weighted by Crippen LogP contribution is -1.92. The van der Waals surface area contributed by atoms with Gasteiger partial charge in [-0.15, -0.1) is 0 Å². The predicted molar refractivity (Wildman–Crippen MR) is 58.9 cm³/mol. The first-order valence-electron chi connectivity index (χ1n) is 4.15. The molecule has 0 unspecified atom stereocenters. The van der Waals surface area contributed by atoms with E-state index in [1.807, 2.05) is 26.8 Å². The van der Waals surface area contributed by atoms with Crippen LogP contribution >= 0.6 is 0 Å². The molecule has 0 N–H and O–H groups in total. The lowest BCUT2D eigenvalue weighted by molar-refractivity contribution is 1.41. The summed E-state index contributed by atoms with van der Waals surface area (Å²) in [6.45, 7) is 13.2. The fourth-order valence-electron chi connectivity index (χ4n) is 0.592. The van der Waals surface area contributed by atoms with E-state index in [9.17, 15) is 0 Å². The van der Waals surface area contributed by atoms with E-state index in [1.54, 1.807) is 19.2 Å². The number of nitrogens with zero attached hydrogens (tertiary/aromatic N) is 1. The highest BCUT2D eigenvalue weighted by molar-refractivity contribution is 6.00. The van der Waals surface area contributed by atoms with Gasteiger partial charge in [-0.2, -0.15) is 0 Å². The van der Waals surface area contributed by atoms with Crippen LogP contribution in [-0.2, 0) is 0 Å². The first-order valence-corrected chi connectivity index (χ1v) is 4.15. The molecule has 0 spiro atoms. The molecule has 0 radical (unpaired) electrons. The summed E-state index contributed by atoms with van der Waals surface area (Å²) >= 11 is 0. The zero-order valence-corrected chi connectivity index (χ0v) is 8.59. The summed E-state index contributed by atoms with van der Waals surface area (Å²) in [7, 11) is 1.76. The molecule has 0 bridgehead atoms. The maximum atomic E-state index is 4.01.